The van der Waals surface area contributed by atoms with E-state index in [9.17, 15) is 9.59 Å². The zero-order valence-electron chi connectivity index (χ0n) is 5.44. The van der Waals surface area contributed by atoms with Gasteiger partial charge in [0.25, 0.3) is 5.91 Å². The molecule has 60 valence electrons. The van der Waals surface area contributed by atoms with Crippen molar-refractivity contribution >= 4 is 39.8 Å². The molecule has 0 atom stereocenters. The van der Waals surface area contributed by atoms with Crippen molar-refractivity contribution in [2.24, 2.45) is 4.99 Å². The second kappa shape index (κ2) is 3.77. The predicted molar refractivity (Wildman–Crippen MR) is 45.0 cm³/mol. The number of carbonyl (C=O) groups excluding carboxylic acids is 1. The minimum absolute atomic E-state index is 0.0287. The maximum absolute atomic E-state index is 10.5. The number of nitrogens with zero attached hydrogens (tertiary/aromatic N) is 1. The number of aliphatic imine (C=N–C) groups is 1. The van der Waals surface area contributed by atoms with Crippen LogP contribution in [-0.4, -0.2) is 32.9 Å². The molecule has 1 heterocycles. The zero-order valence-corrected chi connectivity index (χ0v) is 7.07. The topological polar surface area (TPSA) is 66.7 Å². The third-order valence-corrected chi connectivity index (χ3v) is 3.02. The first-order chi connectivity index (χ1) is 5.18. The van der Waals surface area contributed by atoms with E-state index in [0.717, 1.165) is 11.8 Å². The van der Waals surface area contributed by atoms with Gasteiger partial charge in [-0.25, -0.2) is 0 Å². The van der Waals surface area contributed by atoms with E-state index >= 15 is 0 Å². The molecular formula is C5H5NO3S2. The second-order valence-electron chi connectivity index (χ2n) is 1.74. The Kier molecular flexibility index (Phi) is 2.95. The number of thioether (sulfide) groups is 2. The van der Waals surface area contributed by atoms with Crippen molar-refractivity contribution < 1.29 is 14.7 Å². The summed E-state index contributed by atoms with van der Waals surface area (Å²) in [5.74, 6) is -0.748. The highest BCUT2D eigenvalue weighted by Gasteiger charge is 2.15. The normalized spacial score (nSPS) is 16.7. The zero-order chi connectivity index (χ0) is 8.27. The lowest BCUT2D eigenvalue weighted by atomic mass is 10.8. The molecule has 0 fully saturated rings. The van der Waals surface area contributed by atoms with Gasteiger partial charge in [-0.05, 0) is 0 Å². The summed E-state index contributed by atoms with van der Waals surface area (Å²) in [6, 6.07) is 0. The number of aliphatic carboxylic acids is 1. The fraction of sp³-hybridized carbons (Fsp3) is 0.400. The first kappa shape index (κ1) is 8.61. The average Bonchev–Trinajstić information content (AvgIpc) is 2.31. The molecule has 0 bridgehead atoms. The Morgan fingerprint density at radius 3 is 3.00 bits per heavy atom. The van der Waals surface area contributed by atoms with Crippen LogP contribution in [0.1, 0.15) is 0 Å². The van der Waals surface area contributed by atoms with E-state index in [1.807, 2.05) is 0 Å². The Hall–Kier alpha value is -0.490. The Bertz CT molecular complexity index is 226. The summed E-state index contributed by atoms with van der Waals surface area (Å²) >= 11 is 2.38. The Morgan fingerprint density at radius 2 is 2.55 bits per heavy atom. The summed E-state index contributed by atoms with van der Waals surface area (Å²) in [4.78, 5) is 24.2. The van der Waals surface area contributed by atoms with Gasteiger partial charge in [-0.2, -0.15) is 4.99 Å². The van der Waals surface area contributed by atoms with Gasteiger partial charge in [-0.15, -0.1) is 0 Å². The molecule has 0 saturated carbocycles. The van der Waals surface area contributed by atoms with Crippen LogP contribution < -0.4 is 0 Å². The van der Waals surface area contributed by atoms with E-state index in [4.69, 9.17) is 5.11 Å². The van der Waals surface area contributed by atoms with Gasteiger partial charge in [0.05, 0.1) is 11.5 Å². The van der Waals surface area contributed by atoms with Crippen LogP contribution >= 0.6 is 23.5 Å². The van der Waals surface area contributed by atoms with E-state index in [1.54, 1.807) is 0 Å². The van der Waals surface area contributed by atoms with E-state index in [-0.39, 0.29) is 11.7 Å². The van der Waals surface area contributed by atoms with Gasteiger partial charge in [0.1, 0.15) is 4.38 Å². The van der Waals surface area contributed by atoms with Crippen LogP contribution in [0.25, 0.3) is 0 Å². The average molecular weight is 191 g/mol. The van der Waals surface area contributed by atoms with E-state index in [0.29, 0.717) is 10.1 Å². The SMILES string of the molecule is O=C(O)CSC1=NC(=O)CS1. The lowest BCUT2D eigenvalue weighted by molar-refractivity contribution is -0.133. The molecule has 0 radical (unpaired) electrons. The van der Waals surface area contributed by atoms with Crippen molar-refractivity contribution in [2.45, 2.75) is 0 Å². The molecule has 11 heavy (non-hydrogen) atoms. The highest BCUT2D eigenvalue weighted by atomic mass is 32.2. The van der Waals surface area contributed by atoms with Crippen LogP contribution in [-0.2, 0) is 9.59 Å². The van der Waals surface area contributed by atoms with Gasteiger partial charge in [-0.1, -0.05) is 23.5 Å². The molecule has 1 amide bonds. The summed E-state index contributed by atoms with van der Waals surface area (Å²) in [6.07, 6.45) is 0. The van der Waals surface area contributed by atoms with Crippen LogP contribution in [0.4, 0.5) is 0 Å². The molecule has 1 aliphatic heterocycles. The summed E-state index contributed by atoms with van der Waals surface area (Å²) in [5, 5.41) is 8.27. The van der Waals surface area contributed by atoms with Crippen molar-refractivity contribution in [1.82, 2.24) is 0 Å². The van der Waals surface area contributed by atoms with Crippen molar-refractivity contribution in [3.05, 3.63) is 0 Å². The van der Waals surface area contributed by atoms with Gasteiger partial charge in [0.2, 0.25) is 0 Å². The van der Waals surface area contributed by atoms with Gasteiger partial charge >= 0.3 is 5.97 Å². The number of amides is 1. The minimum Gasteiger partial charge on any atom is -0.481 e. The summed E-state index contributed by atoms with van der Waals surface area (Å²) in [7, 11) is 0. The quantitative estimate of drug-likeness (QED) is 0.685. The third kappa shape index (κ3) is 2.94. The highest BCUT2D eigenvalue weighted by Crippen LogP contribution is 2.22. The van der Waals surface area contributed by atoms with Crippen LogP contribution in [0.3, 0.4) is 0 Å². The number of hydrogen-bond acceptors (Lipinski definition) is 4. The standard InChI is InChI=1S/C5H5NO3S2/c7-3-1-10-5(6-3)11-2-4(8)9/h1-2H2,(H,8,9). The maximum atomic E-state index is 10.5. The number of rotatable bonds is 2. The van der Waals surface area contributed by atoms with Gasteiger partial charge < -0.3 is 5.11 Å². The second-order valence-corrected chi connectivity index (χ2v) is 3.93. The fourth-order valence-electron chi connectivity index (χ4n) is 0.487. The highest BCUT2D eigenvalue weighted by molar-refractivity contribution is 8.39. The molecule has 0 unspecified atom stereocenters. The lowest BCUT2D eigenvalue weighted by Gasteiger charge is -1.91. The van der Waals surface area contributed by atoms with Crippen molar-refractivity contribution in [3.63, 3.8) is 0 Å². The van der Waals surface area contributed by atoms with Gasteiger partial charge in [0.15, 0.2) is 0 Å². The van der Waals surface area contributed by atoms with Crippen LogP contribution in [0.5, 0.6) is 0 Å². The van der Waals surface area contributed by atoms with Crippen molar-refractivity contribution in [2.75, 3.05) is 11.5 Å². The number of carbonyl (C=O) groups is 2. The van der Waals surface area contributed by atoms with Crippen LogP contribution in [0.15, 0.2) is 4.99 Å². The number of hydrogen-bond donors (Lipinski definition) is 1. The smallest absolute Gasteiger partial charge is 0.313 e. The summed E-state index contributed by atoms with van der Waals surface area (Å²) in [5.41, 5.74) is 0. The minimum atomic E-state index is -0.891. The number of carboxylic acid groups (broad SMARTS) is 1. The largest absolute Gasteiger partial charge is 0.481 e. The van der Waals surface area contributed by atoms with Crippen LogP contribution in [0.2, 0.25) is 0 Å². The molecule has 1 aliphatic rings. The Morgan fingerprint density at radius 1 is 1.82 bits per heavy atom. The maximum Gasteiger partial charge on any atom is 0.313 e. The van der Waals surface area contributed by atoms with Crippen molar-refractivity contribution in [3.8, 4) is 0 Å². The van der Waals surface area contributed by atoms with Crippen molar-refractivity contribution in [1.29, 1.82) is 0 Å². The molecule has 6 heteroatoms. The fourth-order valence-corrected chi connectivity index (χ4v) is 2.07. The van der Waals surface area contributed by atoms with Crippen LogP contribution in [0, 0.1) is 0 Å². The third-order valence-electron chi connectivity index (χ3n) is 0.854. The van der Waals surface area contributed by atoms with Gasteiger partial charge in [-0.3, -0.25) is 9.59 Å². The Balaban J connectivity index is 2.33. The van der Waals surface area contributed by atoms with E-state index in [2.05, 4.69) is 4.99 Å². The number of carboxylic acids is 1. The molecule has 1 N–H and O–H groups in total. The lowest BCUT2D eigenvalue weighted by Crippen LogP contribution is -1.99. The predicted octanol–water partition coefficient (Wildman–Crippen LogP) is 0.434. The molecule has 0 aliphatic carbocycles. The molecular weight excluding hydrogens is 186 g/mol. The van der Waals surface area contributed by atoms with E-state index < -0.39 is 5.97 Å². The summed E-state index contributed by atoms with van der Waals surface area (Å²) < 4.78 is 0.567. The molecule has 0 aromatic carbocycles. The Labute approximate surface area is 71.5 Å². The molecule has 4 nitrogen and oxygen atoms in total. The summed E-state index contributed by atoms with van der Waals surface area (Å²) in [6.45, 7) is 0. The van der Waals surface area contributed by atoms with Gasteiger partial charge in [0, 0.05) is 0 Å². The van der Waals surface area contributed by atoms with E-state index in [1.165, 1.54) is 11.8 Å². The first-order valence-electron chi connectivity index (χ1n) is 2.77. The first-order valence-corrected chi connectivity index (χ1v) is 4.74. The molecule has 1 rings (SSSR count). The molecule has 0 saturated heterocycles. The molecule has 0 aromatic heterocycles. The monoisotopic (exact) mass is 191 g/mol. The molecule has 0 aromatic rings. The molecule has 0 spiro atoms.